The number of rotatable bonds is 3. The van der Waals surface area contributed by atoms with Crippen LogP contribution in [0.2, 0.25) is 0 Å². The molecule has 0 aromatic heterocycles. The maximum absolute atomic E-state index is 12.9. The second-order valence-corrected chi connectivity index (χ2v) is 7.45. The molecule has 0 unspecified atom stereocenters. The summed E-state index contributed by atoms with van der Waals surface area (Å²) < 4.78 is 20.8. The lowest BCUT2D eigenvalue weighted by molar-refractivity contribution is -0.248. The summed E-state index contributed by atoms with van der Waals surface area (Å²) in [5, 5.41) is 0. The van der Waals surface area contributed by atoms with Crippen molar-refractivity contribution in [2.75, 3.05) is 0 Å². The molecular formula is C19H20O8. The Hall–Kier alpha value is -2.90. The van der Waals surface area contributed by atoms with Crippen molar-refractivity contribution in [3.8, 4) is 0 Å². The first kappa shape index (κ1) is 18.9. The number of hydrogen-bond acceptors (Lipinski definition) is 8. The Morgan fingerprint density at radius 2 is 1.19 bits per heavy atom. The molecule has 0 saturated carbocycles. The van der Waals surface area contributed by atoms with Gasteiger partial charge in [-0.1, -0.05) is 30.3 Å². The Bertz CT molecular complexity index is 768. The third kappa shape index (κ3) is 3.27. The number of benzene rings is 1. The summed E-state index contributed by atoms with van der Waals surface area (Å²) in [6.07, 6.45) is -0.515. The quantitative estimate of drug-likeness (QED) is 0.579. The van der Waals surface area contributed by atoms with E-state index < -0.39 is 53.2 Å². The van der Waals surface area contributed by atoms with Crippen molar-refractivity contribution in [1.29, 1.82) is 0 Å². The zero-order valence-electron chi connectivity index (χ0n) is 15.4. The minimum absolute atomic E-state index is 0.251. The first-order valence-electron chi connectivity index (χ1n) is 8.45. The average molecular weight is 376 g/mol. The second kappa shape index (κ2) is 6.07. The van der Waals surface area contributed by atoms with Gasteiger partial charge in [-0.3, -0.25) is 19.2 Å². The summed E-state index contributed by atoms with van der Waals surface area (Å²) in [6.45, 7) is 5.67. The van der Waals surface area contributed by atoms with Gasteiger partial charge in [0.2, 0.25) is 0 Å². The highest BCUT2D eigenvalue weighted by molar-refractivity contribution is 6.09. The lowest BCUT2D eigenvalue weighted by atomic mass is 9.72. The van der Waals surface area contributed by atoms with E-state index in [1.807, 2.05) is 0 Å². The Balaban J connectivity index is 2.05. The molecule has 144 valence electrons. The first-order valence-corrected chi connectivity index (χ1v) is 8.45. The molecule has 0 spiro atoms. The van der Waals surface area contributed by atoms with Crippen LogP contribution in [0.25, 0.3) is 0 Å². The van der Waals surface area contributed by atoms with Crippen LogP contribution in [0.3, 0.4) is 0 Å². The third-order valence-corrected chi connectivity index (χ3v) is 4.41. The minimum atomic E-state index is -1.99. The standard InChI is InChI=1S/C19H20O8/c1-17(2)24-13(20)12(14(21)25-17)10-19(11-8-6-5-7-9-11)15(22)26-18(3,4)27-16(19)23/h5-9,12H,10H2,1-4H3. The van der Waals surface area contributed by atoms with E-state index in [4.69, 9.17) is 18.9 Å². The van der Waals surface area contributed by atoms with Crippen LogP contribution in [-0.2, 0) is 43.5 Å². The summed E-state index contributed by atoms with van der Waals surface area (Å²) in [7, 11) is 0. The van der Waals surface area contributed by atoms with Crippen LogP contribution in [0, 0.1) is 5.92 Å². The molecule has 2 fully saturated rings. The fraction of sp³-hybridized carbons (Fsp3) is 0.474. The van der Waals surface area contributed by atoms with Crippen molar-refractivity contribution < 1.29 is 38.1 Å². The smallest absolute Gasteiger partial charge is 0.331 e. The molecule has 8 nitrogen and oxygen atoms in total. The van der Waals surface area contributed by atoms with E-state index in [1.165, 1.54) is 39.8 Å². The van der Waals surface area contributed by atoms with Gasteiger partial charge in [-0.2, -0.15) is 0 Å². The zero-order valence-corrected chi connectivity index (χ0v) is 15.4. The largest absolute Gasteiger partial charge is 0.422 e. The first-order chi connectivity index (χ1) is 12.5. The van der Waals surface area contributed by atoms with Crippen LogP contribution in [0.4, 0.5) is 0 Å². The zero-order chi connectivity index (χ0) is 20.0. The van der Waals surface area contributed by atoms with E-state index in [-0.39, 0.29) is 5.56 Å². The van der Waals surface area contributed by atoms with E-state index in [2.05, 4.69) is 0 Å². The van der Waals surface area contributed by atoms with Gasteiger partial charge >= 0.3 is 23.9 Å². The number of esters is 4. The molecule has 0 aliphatic carbocycles. The summed E-state index contributed by atoms with van der Waals surface area (Å²) >= 11 is 0. The lowest BCUT2D eigenvalue weighted by Crippen LogP contribution is -2.59. The van der Waals surface area contributed by atoms with Crippen molar-refractivity contribution in [1.82, 2.24) is 0 Å². The van der Waals surface area contributed by atoms with Gasteiger partial charge in [-0.15, -0.1) is 0 Å². The van der Waals surface area contributed by atoms with E-state index >= 15 is 0 Å². The van der Waals surface area contributed by atoms with Crippen molar-refractivity contribution >= 4 is 23.9 Å². The van der Waals surface area contributed by atoms with E-state index in [9.17, 15) is 19.2 Å². The molecule has 2 heterocycles. The number of ether oxygens (including phenoxy) is 4. The Morgan fingerprint density at radius 3 is 1.67 bits per heavy atom. The molecule has 1 aromatic rings. The van der Waals surface area contributed by atoms with Gasteiger partial charge in [0.05, 0.1) is 0 Å². The molecule has 3 rings (SSSR count). The molecule has 1 aromatic carbocycles. The summed E-state index contributed by atoms with van der Waals surface area (Å²) in [5.74, 6) is -7.91. The normalized spacial score (nSPS) is 23.7. The van der Waals surface area contributed by atoms with Crippen molar-refractivity contribution in [3.63, 3.8) is 0 Å². The highest BCUT2D eigenvalue weighted by atomic mass is 16.8. The number of hydrogen-bond donors (Lipinski definition) is 0. The topological polar surface area (TPSA) is 105 Å². The second-order valence-electron chi connectivity index (χ2n) is 7.45. The summed E-state index contributed by atoms with van der Waals surface area (Å²) in [5.41, 5.74) is -1.73. The van der Waals surface area contributed by atoms with Crippen molar-refractivity contribution in [2.45, 2.75) is 51.1 Å². The van der Waals surface area contributed by atoms with Gasteiger partial charge in [-0.25, -0.2) is 0 Å². The molecule has 0 bridgehead atoms. The Kier molecular flexibility index (Phi) is 4.25. The predicted octanol–water partition coefficient (Wildman–Crippen LogP) is 1.60. The summed E-state index contributed by atoms with van der Waals surface area (Å²) in [6, 6.07) is 8.01. The molecule has 2 saturated heterocycles. The molecule has 0 radical (unpaired) electrons. The van der Waals surface area contributed by atoms with E-state index in [1.54, 1.807) is 18.2 Å². The van der Waals surface area contributed by atoms with Crippen LogP contribution in [0.1, 0.15) is 39.7 Å². The highest BCUT2D eigenvalue weighted by Crippen LogP contribution is 2.42. The fourth-order valence-electron chi connectivity index (χ4n) is 3.18. The summed E-state index contributed by atoms with van der Waals surface area (Å²) in [4.78, 5) is 50.6. The van der Waals surface area contributed by atoms with Crippen LogP contribution in [0.15, 0.2) is 30.3 Å². The molecule has 8 heteroatoms. The van der Waals surface area contributed by atoms with Crippen LogP contribution < -0.4 is 0 Å². The molecular weight excluding hydrogens is 356 g/mol. The van der Waals surface area contributed by atoms with E-state index in [0.717, 1.165) is 0 Å². The molecule has 0 atom stereocenters. The SMILES string of the molecule is CC1(C)OC(=O)C(CC2(c3ccccc3)C(=O)OC(C)(C)OC2=O)C(=O)O1. The predicted molar refractivity (Wildman–Crippen MR) is 88.8 cm³/mol. The minimum Gasteiger partial charge on any atom is -0.422 e. The number of cyclic esters (lactones) is 4. The van der Waals surface area contributed by atoms with Crippen LogP contribution in [0.5, 0.6) is 0 Å². The van der Waals surface area contributed by atoms with Gasteiger partial charge in [-0.05, 0) is 5.56 Å². The Labute approximate surface area is 155 Å². The highest BCUT2D eigenvalue weighted by Gasteiger charge is 2.61. The molecule has 27 heavy (non-hydrogen) atoms. The van der Waals surface area contributed by atoms with Gasteiger partial charge in [0.1, 0.15) is 0 Å². The average Bonchev–Trinajstić information content (AvgIpc) is 2.52. The van der Waals surface area contributed by atoms with Crippen LogP contribution >= 0.6 is 0 Å². The number of carbonyl (C=O) groups is 4. The monoisotopic (exact) mass is 376 g/mol. The van der Waals surface area contributed by atoms with E-state index in [0.29, 0.717) is 0 Å². The van der Waals surface area contributed by atoms with Gasteiger partial charge < -0.3 is 18.9 Å². The van der Waals surface area contributed by atoms with Crippen molar-refractivity contribution in [3.05, 3.63) is 35.9 Å². The number of carbonyl (C=O) groups excluding carboxylic acids is 4. The fourth-order valence-corrected chi connectivity index (χ4v) is 3.18. The third-order valence-electron chi connectivity index (χ3n) is 4.41. The molecule has 0 amide bonds. The molecule has 0 N–H and O–H groups in total. The van der Waals surface area contributed by atoms with Gasteiger partial charge in [0.15, 0.2) is 11.3 Å². The molecule has 2 aliphatic rings. The molecule has 2 aliphatic heterocycles. The van der Waals surface area contributed by atoms with Gasteiger partial charge in [0.25, 0.3) is 11.6 Å². The Morgan fingerprint density at radius 1 is 0.741 bits per heavy atom. The van der Waals surface area contributed by atoms with Crippen LogP contribution in [-0.4, -0.2) is 35.5 Å². The van der Waals surface area contributed by atoms with Gasteiger partial charge in [0, 0.05) is 34.1 Å². The van der Waals surface area contributed by atoms with Crippen molar-refractivity contribution in [2.24, 2.45) is 5.92 Å². The maximum atomic E-state index is 12.9. The lowest BCUT2D eigenvalue weighted by Gasteiger charge is -2.42. The maximum Gasteiger partial charge on any atom is 0.331 e.